The molecule has 0 N–H and O–H groups in total. The van der Waals surface area contributed by atoms with Crippen LogP contribution >= 0.6 is 0 Å². The van der Waals surface area contributed by atoms with Crippen molar-refractivity contribution in [3.8, 4) is 0 Å². The summed E-state index contributed by atoms with van der Waals surface area (Å²) in [4.78, 5) is -0.126. The molecule has 18 heavy (non-hydrogen) atoms. The number of hydrogen-bond donors (Lipinski definition) is 0. The molecule has 0 aliphatic carbocycles. The van der Waals surface area contributed by atoms with E-state index in [0.29, 0.717) is 5.39 Å². The second-order valence-corrected chi connectivity index (χ2v) is 5.70. The fraction of sp³-hybridized carbons (Fsp3) is 0.231. The van der Waals surface area contributed by atoms with Crippen molar-refractivity contribution < 1.29 is 42.5 Å². The van der Waals surface area contributed by atoms with E-state index in [0.717, 1.165) is 10.9 Å². The number of rotatable bonds is 2. The second-order valence-electron chi connectivity index (χ2n) is 4.35. The van der Waals surface area contributed by atoms with Gasteiger partial charge in [-0.25, -0.2) is 8.42 Å². The third-order valence-corrected chi connectivity index (χ3v) is 3.66. The summed E-state index contributed by atoms with van der Waals surface area (Å²) in [6.45, 7) is 3.93. The maximum Gasteiger partial charge on any atom is 1.00 e. The van der Waals surface area contributed by atoms with Crippen LogP contribution in [0.4, 0.5) is 0 Å². The zero-order valence-corrected chi connectivity index (χ0v) is 13.5. The van der Waals surface area contributed by atoms with Crippen LogP contribution < -0.4 is 29.6 Å². The largest absolute Gasteiger partial charge is 1.00 e. The molecule has 0 saturated heterocycles. The van der Waals surface area contributed by atoms with Gasteiger partial charge in [-0.15, -0.1) is 0 Å². The van der Waals surface area contributed by atoms with Gasteiger partial charge >= 0.3 is 29.6 Å². The standard InChI is InChI=1S/C13H14O3S.Na/c1-9(2)11-7-10-5-3-4-6-12(10)13(8-11)17(14,15)16;/h3-9H,1-2H3,(H,14,15,16);/q;+1/p-1. The molecule has 2 rings (SSSR count). The predicted octanol–water partition coefficient (Wildman–Crippen LogP) is -0.129. The van der Waals surface area contributed by atoms with Crippen LogP contribution in [0, 0.1) is 0 Å². The molecule has 90 valence electrons. The summed E-state index contributed by atoms with van der Waals surface area (Å²) < 4.78 is 33.8. The summed E-state index contributed by atoms with van der Waals surface area (Å²) in [6, 6.07) is 10.4. The van der Waals surface area contributed by atoms with Gasteiger partial charge in [-0.05, 0) is 28.3 Å². The van der Waals surface area contributed by atoms with Gasteiger partial charge in [0.25, 0.3) is 0 Å². The molecule has 0 unspecified atom stereocenters. The smallest absolute Gasteiger partial charge is 0.744 e. The summed E-state index contributed by atoms with van der Waals surface area (Å²) in [5.74, 6) is 0.181. The Morgan fingerprint density at radius 3 is 2.28 bits per heavy atom. The second kappa shape index (κ2) is 5.72. The van der Waals surface area contributed by atoms with E-state index in [9.17, 15) is 13.0 Å². The van der Waals surface area contributed by atoms with E-state index in [4.69, 9.17) is 0 Å². The molecule has 0 aromatic heterocycles. The molecule has 0 amide bonds. The molecule has 0 fully saturated rings. The Labute approximate surface area is 129 Å². The molecule has 0 heterocycles. The van der Waals surface area contributed by atoms with Gasteiger partial charge in [-0.2, -0.15) is 0 Å². The van der Waals surface area contributed by atoms with E-state index in [1.807, 2.05) is 32.0 Å². The van der Waals surface area contributed by atoms with E-state index in [2.05, 4.69) is 0 Å². The first-order valence-electron chi connectivity index (χ1n) is 5.38. The van der Waals surface area contributed by atoms with E-state index < -0.39 is 10.1 Å². The minimum atomic E-state index is -4.44. The van der Waals surface area contributed by atoms with Crippen molar-refractivity contribution in [1.82, 2.24) is 0 Å². The van der Waals surface area contributed by atoms with Crippen LogP contribution in [0.15, 0.2) is 41.3 Å². The number of benzene rings is 2. The van der Waals surface area contributed by atoms with E-state index in [-0.39, 0.29) is 40.4 Å². The fourth-order valence-electron chi connectivity index (χ4n) is 1.84. The van der Waals surface area contributed by atoms with Gasteiger partial charge in [0.05, 0.1) is 4.90 Å². The van der Waals surface area contributed by atoms with Gasteiger partial charge in [0.15, 0.2) is 0 Å². The Morgan fingerprint density at radius 2 is 1.72 bits per heavy atom. The summed E-state index contributed by atoms with van der Waals surface area (Å²) in [6.07, 6.45) is 0. The molecule has 5 heteroatoms. The molecule has 0 aliphatic heterocycles. The van der Waals surface area contributed by atoms with Crippen molar-refractivity contribution in [1.29, 1.82) is 0 Å². The average molecular weight is 272 g/mol. The molecular weight excluding hydrogens is 259 g/mol. The van der Waals surface area contributed by atoms with E-state index in [1.54, 1.807) is 12.1 Å². The molecule has 0 bridgehead atoms. The Bertz CT molecular complexity index is 663. The normalized spacial score (nSPS) is 11.6. The summed E-state index contributed by atoms with van der Waals surface area (Å²) in [5, 5.41) is 1.28. The molecule has 3 nitrogen and oxygen atoms in total. The zero-order chi connectivity index (χ0) is 12.6. The predicted molar refractivity (Wildman–Crippen MR) is 66.0 cm³/mol. The quantitative estimate of drug-likeness (QED) is 0.565. The molecule has 0 aliphatic rings. The molecule has 2 aromatic carbocycles. The number of hydrogen-bond acceptors (Lipinski definition) is 3. The average Bonchev–Trinajstić information content (AvgIpc) is 2.26. The Morgan fingerprint density at radius 1 is 1.11 bits per heavy atom. The van der Waals surface area contributed by atoms with Gasteiger partial charge in [0, 0.05) is 0 Å². The van der Waals surface area contributed by atoms with Crippen molar-refractivity contribution in [2.45, 2.75) is 24.7 Å². The van der Waals surface area contributed by atoms with Crippen LogP contribution in [0.5, 0.6) is 0 Å². The first-order chi connectivity index (χ1) is 7.89. The molecule has 0 atom stereocenters. The van der Waals surface area contributed by atoms with Crippen LogP contribution in [0.2, 0.25) is 0 Å². The van der Waals surface area contributed by atoms with Crippen molar-refractivity contribution in [3.63, 3.8) is 0 Å². The molecule has 2 aromatic rings. The van der Waals surface area contributed by atoms with Crippen LogP contribution in [-0.2, 0) is 10.1 Å². The van der Waals surface area contributed by atoms with Gasteiger partial charge in [-0.1, -0.05) is 44.2 Å². The Hall–Kier alpha value is -0.390. The molecule has 0 saturated carbocycles. The summed E-state index contributed by atoms with van der Waals surface area (Å²) in [7, 11) is -4.44. The van der Waals surface area contributed by atoms with Crippen LogP contribution in [-0.4, -0.2) is 13.0 Å². The first kappa shape index (κ1) is 15.7. The van der Waals surface area contributed by atoms with Crippen LogP contribution in [0.3, 0.4) is 0 Å². The van der Waals surface area contributed by atoms with Gasteiger partial charge < -0.3 is 4.55 Å². The fourth-order valence-corrected chi connectivity index (χ4v) is 2.57. The molecule has 0 radical (unpaired) electrons. The van der Waals surface area contributed by atoms with Crippen molar-refractivity contribution in [2.75, 3.05) is 0 Å². The Kier molecular flexibility index (Phi) is 4.98. The van der Waals surface area contributed by atoms with Crippen LogP contribution in [0.25, 0.3) is 10.8 Å². The van der Waals surface area contributed by atoms with Gasteiger partial charge in [0.1, 0.15) is 10.1 Å². The SMILES string of the molecule is CC(C)c1cc(S(=O)(=O)[O-])c2ccccc2c1.[Na+]. The molecular formula is C13H13NaO3S. The third kappa shape index (κ3) is 3.13. The minimum absolute atomic E-state index is 0. The van der Waals surface area contributed by atoms with Crippen LogP contribution in [0.1, 0.15) is 25.3 Å². The van der Waals surface area contributed by atoms with Crippen molar-refractivity contribution >= 4 is 20.9 Å². The zero-order valence-electron chi connectivity index (χ0n) is 10.7. The maximum atomic E-state index is 11.3. The van der Waals surface area contributed by atoms with Gasteiger partial charge in [0.2, 0.25) is 0 Å². The summed E-state index contributed by atoms with van der Waals surface area (Å²) in [5.41, 5.74) is 0.859. The topological polar surface area (TPSA) is 57.2 Å². The Balaban J connectivity index is 0.00000162. The first-order valence-corrected chi connectivity index (χ1v) is 6.79. The maximum absolute atomic E-state index is 11.3. The summed E-state index contributed by atoms with van der Waals surface area (Å²) >= 11 is 0. The molecule has 0 spiro atoms. The minimum Gasteiger partial charge on any atom is -0.744 e. The monoisotopic (exact) mass is 272 g/mol. The van der Waals surface area contributed by atoms with Crippen molar-refractivity contribution in [2.24, 2.45) is 0 Å². The van der Waals surface area contributed by atoms with Gasteiger partial charge in [-0.3, -0.25) is 0 Å². The van der Waals surface area contributed by atoms with E-state index in [1.165, 1.54) is 6.07 Å². The third-order valence-electron chi connectivity index (χ3n) is 2.78. The number of fused-ring (bicyclic) bond motifs is 1. The van der Waals surface area contributed by atoms with E-state index >= 15 is 0 Å². The van der Waals surface area contributed by atoms with Crippen molar-refractivity contribution in [3.05, 3.63) is 42.0 Å².